The van der Waals surface area contributed by atoms with Crippen LogP contribution in [0.15, 0.2) is 73.1 Å². The SMILES string of the molecule is O=C(O)c1cc(C2CC2)cnc1Nc1cccc2c(-c3ccccc3)nccc12. The van der Waals surface area contributed by atoms with E-state index in [1.54, 1.807) is 18.5 Å². The van der Waals surface area contributed by atoms with Crippen LogP contribution in [0.5, 0.6) is 0 Å². The summed E-state index contributed by atoms with van der Waals surface area (Å²) < 4.78 is 0. The molecule has 0 atom stereocenters. The van der Waals surface area contributed by atoms with Gasteiger partial charge in [-0.05, 0) is 42.5 Å². The first-order valence-corrected chi connectivity index (χ1v) is 9.64. The number of hydrogen-bond donors (Lipinski definition) is 2. The number of rotatable bonds is 5. The molecule has 142 valence electrons. The summed E-state index contributed by atoms with van der Waals surface area (Å²) in [6.45, 7) is 0. The normalized spacial score (nSPS) is 13.4. The molecule has 1 saturated carbocycles. The molecule has 29 heavy (non-hydrogen) atoms. The Morgan fingerprint density at radius 3 is 2.55 bits per heavy atom. The van der Waals surface area contributed by atoms with Crippen LogP contribution in [0.4, 0.5) is 11.5 Å². The van der Waals surface area contributed by atoms with E-state index in [4.69, 9.17) is 0 Å². The standard InChI is InChI=1S/C24H19N3O2/c28-24(29)20-13-17(15-9-10-15)14-26-23(20)27-21-8-4-7-19-18(21)11-12-25-22(19)16-5-2-1-3-6-16/h1-8,11-15H,9-10H2,(H,26,27)(H,28,29). The largest absolute Gasteiger partial charge is 0.478 e. The Morgan fingerprint density at radius 1 is 0.966 bits per heavy atom. The molecule has 0 amide bonds. The number of carboxylic acid groups (broad SMARTS) is 1. The summed E-state index contributed by atoms with van der Waals surface area (Å²) in [5.41, 5.74) is 3.93. The Morgan fingerprint density at radius 2 is 1.79 bits per heavy atom. The smallest absolute Gasteiger partial charge is 0.339 e. The number of carboxylic acids is 1. The average molecular weight is 381 g/mol. The van der Waals surface area contributed by atoms with Gasteiger partial charge >= 0.3 is 5.97 Å². The molecule has 4 aromatic rings. The van der Waals surface area contributed by atoms with Crippen molar-refractivity contribution in [2.24, 2.45) is 0 Å². The monoisotopic (exact) mass is 381 g/mol. The minimum absolute atomic E-state index is 0.198. The van der Waals surface area contributed by atoms with Gasteiger partial charge in [-0.15, -0.1) is 0 Å². The van der Waals surface area contributed by atoms with Crippen LogP contribution in [0.25, 0.3) is 22.0 Å². The maximum atomic E-state index is 11.8. The van der Waals surface area contributed by atoms with E-state index in [2.05, 4.69) is 15.3 Å². The second kappa shape index (κ2) is 7.02. The number of hydrogen-bond acceptors (Lipinski definition) is 4. The molecule has 1 aliphatic carbocycles. The molecule has 2 aromatic heterocycles. The van der Waals surface area contributed by atoms with Crippen molar-refractivity contribution in [3.63, 3.8) is 0 Å². The van der Waals surface area contributed by atoms with Crippen LogP contribution < -0.4 is 5.32 Å². The molecule has 0 spiro atoms. The molecular weight excluding hydrogens is 362 g/mol. The Bertz CT molecular complexity index is 1220. The van der Waals surface area contributed by atoms with Crippen LogP contribution >= 0.6 is 0 Å². The summed E-state index contributed by atoms with van der Waals surface area (Å²) in [4.78, 5) is 20.8. The quantitative estimate of drug-likeness (QED) is 0.469. The molecule has 0 unspecified atom stereocenters. The number of nitrogens with one attached hydrogen (secondary N) is 1. The van der Waals surface area contributed by atoms with Gasteiger partial charge < -0.3 is 10.4 Å². The lowest BCUT2D eigenvalue weighted by atomic mass is 10.0. The minimum Gasteiger partial charge on any atom is -0.478 e. The van der Waals surface area contributed by atoms with Crippen molar-refractivity contribution in [1.82, 2.24) is 9.97 Å². The van der Waals surface area contributed by atoms with E-state index in [1.807, 2.05) is 54.6 Å². The first-order valence-electron chi connectivity index (χ1n) is 9.64. The van der Waals surface area contributed by atoms with Crippen LogP contribution in [0.1, 0.15) is 34.7 Å². The molecule has 5 heteroatoms. The summed E-state index contributed by atoms with van der Waals surface area (Å²) in [6.07, 6.45) is 5.77. The van der Waals surface area contributed by atoms with Crippen molar-refractivity contribution in [1.29, 1.82) is 0 Å². The zero-order valence-electron chi connectivity index (χ0n) is 15.7. The second-order valence-electron chi connectivity index (χ2n) is 7.30. The molecule has 5 nitrogen and oxygen atoms in total. The fraction of sp³-hybridized carbons (Fsp3) is 0.125. The fourth-order valence-corrected chi connectivity index (χ4v) is 3.65. The topological polar surface area (TPSA) is 75.1 Å². The zero-order valence-corrected chi connectivity index (χ0v) is 15.7. The molecule has 5 rings (SSSR count). The van der Waals surface area contributed by atoms with Gasteiger partial charge in [0.25, 0.3) is 0 Å². The van der Waals surface area contributed by atoms with E-state index >= 15 is 0 Å². The van der Waals surface area contributed by atoms with Crippen molar-refractivity contribution in [3.8, 4) is 11.3 Å². The summed E-state index contributed by atoms with van der Waals surface area (Å²) in [7, 11) is 0. The van der Waals surface area contributed by atoms with E-state index in [0.29, 0.717) is 11.7 Å². The highest BCUT2D eigenvalue weighted by atomic mass is 16.4. The number of fused-ring (bicyclic) bond motifs is 1. The lowest BCUT2D eigenvalue weighted by molar-refractivity contribution is 0.0697. The summed E-state index contributed by atoms with van der Waals surface area (Å²) in [5, 5.41) is 14.9. The van der Waals surface area contributed by atoms with Crippen LogP contribution in [0.3, 0.4) is 0 Å². The van der Waals surface area contributed by atoms with Crippen molar-refractivity contribution in [2.75, 3.05) is 5.32 Å². The molecule has 0 saturated heterocycles. The third-order valence-electron chi connectivity index (χ3n) is 5.29. The number of pyridine rings is 2. The molecule has 0 bridgehead atoms. The second-order valence-corrected chi connectivity index (χ2v) is 7.30. The van der Waals surface area contributed by atoms with Gasteiger partial charge in [-0.2, -0.15) is 0 Å². The van der Waals surface area contributed by atoms with Crippen LogP contribution in [-0.2, 0) is 0 Å². The van der Waals surface area contributed by atoms with Crippen LogP contribution in [0, 0.1) is 0 Å². The highest BCUT2D eigenvalue weighted by Gasteiger charge is 2.26. The summed E-state index contributed by atoms with van der Waals surface area (Å²) >= 11 is 0. The Kier molecular flexibility index (Phi) is 4.21. The van der Waals surface area contributed by atoms with Crippen LogP contribution in [0.2, 0.25) is 0 Å². The molecule has 2 N–H and O–H groups in total. The van der Waals surface area contributed by atoms with Crippen molar-refractivity contribution in [3.05, 3.63) is 84.2 Å². The molecule has 1 aliphatic rings. The van der Waals surface area contributed by atoms with Gasteiger partial charge in [0.05, 0.1) is 5.69 Å². The third-order valence-corrected chi connectivity index (χ3v) is 5.29. The number of anilines is 2. The number of aromatic nitrogens is 2. The molecule has 2 aromatic carbocycles. The van der Waals surface area contributed by atoms with Gasteiger partial charge in [-0.1, -0.05) is 42.5 Å². The number of carbonyl (C=O) groups is 1. The predicted molar refractivity (Wildman–Crippen MR) is 114 cm³/mol. The van der Waals surface area contributed by atoms with Crippen molar-refractivity contribution >= 4 is 28.2 Å². The first kappa shape index (κ1) is 17.4. The van der Waals surface area contributed by atoms with Gasteiger partial charge in [-0.3, -0.25) is 4.98 Å². The number of aromatic carboxylic acids is 1. The molecular formula is C24H19N3O2. The molecule has 0 aliphatic heterocycles. The highest BCUT2D eigenvalue weighted by molar-refractivity contribution is 6.03. The third kappa shape index (κ3) is 3.31. The van der Waals surface area contributed by atoms with Crippen LogP contribution in [-0.4, -0.2) is 21.0 Å². The number of nitrogens with zero attached hydrogens (tertiary/aromatic N) is 2. The van der Waals surface area contributed by atoms with E-state index < -0.39 is 5.97 Å². The van der Waals surface area contributed by atoms with E-state index in [1.165, 1.54) is 0 Å². The number of benzene rings is 2. The molecule has 1 fully saturated rings. The highest BCUT2D eigenvalue weighted by Crippen LogP contribution is 2.41. The zero-order chi connectivity index (χ0) is 19.8. The first-order chi connectivity index (χ1) is 14.2. The van der Waals surface area contributed by atoms with Gasteiger partial charge in [0, 0.05) is 34.4 Å². The van der Waals surface area contributed by atoms with E-state index in [0.717, 1.165) is 46.1 Å². The maximum Gasteiger partial charge on any atom is 0.339 e. The summed E-state index contributed by atoms with van der Waals surface area (Å²) in [6, 6.07) is 19.6. The fourth-order valence-electron chi connectivity index (χ4n) is 3.65. The Hall–Kier alpha value is -3.73. The molecule has 0 radical (unpaired) electrons. The van der Waals surface area contributed by atoms with Gasteiger partial charge in [0.2, 0.25) is 0 Å². The van der Waals surface area contributed by atoms with Gasteiger partial charge in [-0.25, -0.2) is 9.78 Å². The van der Waals surface area contributed by atoms with Crippen molar-refractivity contribution < 1.29 is 9.90 Å². The van der Waals surface area contributed by atoms with Gasteiger partial charge in [0.15, 0.2) is 0 Å². The lowest BCUT2D eigenvalue weighted by Gasteiger charge is -2.14. The molecule has 2 heterocycles. The van der Waals surface area contributed by atoms with E-state index in [-0.39, 0.29) is 5.56 Å². The maximum absolute atomic E-state index is 11.8. The van der Waals surface area contributed by atoms with Crippen molar-refractivity contribution in [2.45, 2.75) is 18.8 Å². The Balaban J connectivity index is 1.59. The lowest BCUT2D eigenvalue weighted by Crippen LogP contribution is -2.06. The van der Waals surface area contributed by atoms with Gasteiger partial charge in [0.1, 0.15) is 11.4 Å². The summed E-state index contributed by atoms with van der Waals surface area (Å²) in [5.74, 6) is -0.173. The average Bonchev–Trinajstić information content (AvgIpc) is 3.60. The Labute approximate surface area is 168 Å². The van der Waals surface area contributed by atoms with E-state index in [9.17, 15) is 9.90 Å². The predicted octanol–water partition coefficient (Wildman–Crippen LogP) is 5.62. The minimum atomic E-state index is -0.977.